The molecule has 102 valence electrons. The van der Waals surface area contributed by atoms with Crippen LogP contribution in [0.25, 0.3) is 11.4 Å². The van der Waals surface area contributed by atoms with E-state index in [1.165, 1.54) is 0 Å². The van der Waals surface area contributed by atoms with Crippen molar-refractivity contribution in [2.75, 3.05) is 12.0 Å². The van der Waals surface area contributed by atoms with Gasteiger partial charge in [0.05, 0.1) is 16.1 Å². The average Bonchev–Trinajstić information content (AvgIpc) is 2.89. The van der Waals surface area contributed by atoms with E-state index in [9.17, 15) is 0 Å². The van der Waals surface area contributed by atoms with E-state index in [-0.39, 0.29) is 6.04 Å². The first-order valence-corrected chi connectivity index (χ1v) is 7.80. The number of hydrogen-bond acceptors (Lipinski definition) is 5. The average molecular weight is 318 g/mol. The topological polar surface area (TPSA) is 64.9 Å². The van der Waals surface area contributed by atoms with Crippen molar-refractivity contribution in [3.63, 3.8) is 0 Å². The van der Waals surface area contributed by atoms with Gasteiger partial charge in [0, 0.05) is 5.56 Å². The zero-order chi connectivity index (χ0) is 13.8. The van der Waals surface area contributed by atoms with Crippen molar-refractivity contribution in [3.05, 3.63) is 34.1 Å². The summed E-state index contributed by atoms with van der Waals surface area (Å²) in [6.07, 6.45) is 2.83. The summed E-state index contributed by atoms with van der Waals surface area (Å²) in [7, 11) is 0. The third-order valence-electron chi connectivity index (χ3n) is 2.57. The molecule has 0 aliphatic carbocycles. The van der Waals surface area contributed by atoms with Crippen molar-refractivity contribution in [3.8, 4) is 11.4 Å². The zero-order valence-corrected chi connectivity index (χ0v) is 12.6. The van der Waals surface area contributed by atoms with Crippen LogP contribution in [0.3, 0.4) is 0 Å². The van der Waals surface area contributed by atoms with E-state index in [1.54, 1.807) is 30.0 Å². The second kappa shape index (κ2) is 6.61. The first-order chi connectivity index (χ1) is 9.11. The fourth-order valence-corrected chi connectivity index (χ4v) is 2.29. The van der Waals surface area contributed by atoms with E-state index >= 15 is 0 Å². The molecule has 1 atom stereocenters. The molecule has 0 spiro atoms. The minimum absolute atomic E-state index is 0.239. The van der Waals surface area contributed by atoms with Crippen molar-refractivity contribution in [2.45, 2.75) is 12.5 Å². The highest BCUT2D eigenvalue weighted by Gasteiger charge is 2.15. The Morgan fingerprint density at radius 1 is 1.37 bits per heavy atom. The third-order valence-corrected chi connectivity index (χ3v) is 3.95. The van der Waals surface area contributed by atoms with Gasteiger partial charge >= 0.3 is 0 Å². The first kappa shape index (κ1) is 14.7. The first-order valence-electron chi connectivity index (χ1n) is 5.65. The standard InChI is InChI=1S/C12H13Cl2N3OS/c1-19-5-4-10(15)12-16-11(17-18-12)7-2-3-8(13)9(14)6-7/h2-3,6,10H,4-5,15H2,1H3/t10-/m1/s1. The van der Waals surface area contributed by atoms with E-state index in [4.69, 9.17) is 33.5 Å². The molecule has 4 nitrogen and oxygen atoms in total. The normalized spacial score (nSPS) is 12.6. The summed E-state index contributed by atoms with van der Waals surface area (Å²) in [5.41, 5.74) is 6.72. The lowest BCUT2D eigenvalue weighted by atomic mass is 10.2. The van der Waals surface area contributed by atoms with E-state index in [1.807, 2.05) is 6.26 Å². The summed E-state index contributed by atoms with van der Waals surface area (Å²) in [6.45, 7) is 0. The molecule has 2 N–H and O–H groups in total. The summed E-state index contributed by atoms with van der Waals surface area (Å²) in [5, 5.41) is 4.86. The van der Waals surface area contributed by atoms with Crippen LogP contribution in [0.15, 0.2) is 22.7 Å². The molecular weight excluding hydrogens is 305 g/mol. The van der Waals surface area contributed by atoms with Gasteiger partial charge < -0.3 is 10.3 Å². The summed E-state index contributed by atoms with van der Waals surface area (Å²) in [4.78, 5) is 4.29. The Hall–Kier alpha value is -0.750. The smallest absolute Gasteiger partial charge is 0.243 e. The summed E-state index contributed by atoms with van der Waals surface area (Å²) in [6, 6.07) is 4.95. The molecule has 0 unspecified atom stereocenters. The zero-order valence-electron chi connectivity index (χ0n) is 10.3. The molecule has 0 aliphatic heterocycles. The minimum atomic E-state index is -0.239. The van der Waals surface area contributed by atoms with Crippen LogP contribution < -0.4 is 5.73 Å². The molecule has 0 radical (unpaired) electrons. The summed E-state index contributed by atoms with van der Waals surface area (Å²) >= 11 is 13.5. The van der Waals surface area contributed by atoms with Crippen LogP contribution in [0.4, 0.5) is 0 Å². The van der Waals surface area contributed by atoms with Crippen molar-refractivity contribution in [2.24, 2.45) is 5.73 Å². The molecule has 0 saturated heterocycles. The summed E-state index contributed by atoms with van der Waals surface area (Å²) in [5.74, 6) is 1.86. The second-order valence-corrected chi connectivity index (χ2v) is 5.77. The number of rotatable bonds is 5. The van der Waals surface area contributed by atoms with Crippen LogP contribution in [-0.2, 0) is 0 Å². The minimum Gasteiger partial charge on any atom is -0.337 e. The number of aromatic nitrogens is 2. The van der Waals surface area contributed by atoms with Crippen LogP contribution in [0.1, 0.15) is 18.4 Å². The van der Waals surface area contributed by atoms with Gasteiger partial charge in [-0.3, -0.25) is 0 Å². The number of nitrogens with zero attached hydrogens (tertiary/aromatic N) is 2. The van der Waals surface area contributed by atoms with Gasteiger partial charge in [-0.1, -0.05) is 28.4 Å². The molecule has 1 aromatic heterocycles. The Balaban J connectivity index is 2.18. The van der Waals surface area contributed by atoms with Gasteiger partial charge in [-0.25, -0.2) is 0 Å². The number of hydrogen-bond donors (Lipinski definition) is 1. The van der Waals surface area contributed by atoms with Gasteiger partial charge in [0.15, 0.2) is 0 Å². The van der Waals surface area contributed by atoms with E-state index in [0.29, 0.717) is 21.8 Å². The van der Waals surface area contributed by atoms with E-state index < -0.39 is 0 Å². The van der Waals surface area contributed by atoms with Gasteiger partial charge in [0.1, 0.15) is 0 Å². The SMILES string of the molecule is CSCC[C@@H](N)c1nc(-c2ccc(Cl)c(Cl)c2)no1. The largest absolute Gasteiger partial charge is 0.337 e. The monoisotopic (exact) mass is 317 g/mol. The molecule has 0 saturated carbocycles. The van der Waals surface area contributed by atoms with Gasteiger partial charge in [0.2, 0.25) is 11.7 Å². The molecule has 1 aromatic carbocycles. The Labute approximate surface area is 125 Å². The van der Waals surface area contributed by atoms with Crippen LogP contribution in [-0.4, -0.2) is 22.1 Å². The van der Waals surface area contributed by atoms with E-state index in [0.717, 1.165) is 17.7 Å². The molecule has 1 heterocycles. The molecule has 0 amide bonds. The lowest BCUT2D eigenvalue weighted by Gasteiger charge is -2.03. The van der Waals surface area contributed by atoms with E-state index in [2.05, 4.69) is 10.1 Å². The molecular formula is C12H13Cl2N3OS. The van der Waals surface area contributed by atoms with Gasteiger partial charge in [0.25, 0.3) is 0 Å². The van der Waals surface area contributed by atoms with Gasteiger partial charge in [-0.15, -0.1) is 0 Å². The molecule has 19 heavy (non-hydrogen) atoms. The number of thioether (sulfide) groups is 1. The van der Waals surface area contributed by atoms with Crippen molar-refractivity contribution in [1.29, 1.82) is 0 Å². The lowest BCUT2D eigenvalue weighted by Crippen LogP contribution is -2.11. The van der Waals surface area contributed by atoms with Gasteiger partial charge in [-0.2, -0.15) is 16.7 Å². The fourth-order valence-electron chi connectivity index (χ4n) is 1.51. The van der Waals surface area contributed by atoms with Gasteiger partial charge in [-0.05, 0) is 36.6 Å². The Morgan fingerprint density at radius 2 is 2.16 bits per heavy atom. The molecule has 0 fully saturated rings. The maximum absolute atomic E-state index is 5.97. The molecule has 0 aliphatic rings. The van der Waals surface area contributed by atoms with Crippen LogP contribution in [0.2, 0.25) is 10.0 Å². The number of benzene rings is 1. The van der Waals surface area contributed by atoms with Crippen molar-refractivity contribution in [1.82, 2.24) is 10.1 Å². The fraction of sp³-hybridized carbons (Fsp3) is 0.333. The van der Waals surface area contributed by atoms with Crippen molar-refractivity contribution >= 4 is 35.0 Å². The third kappa shape index (κ3) is 3.63. The highest BCUT2D eigenvalue weighted by molar-refractivity contribution is 7.98. The highest BCUT2D eigenvalue weighted by atomic mass is 35.5. The predicted octanol–water partition coefficient (Wildman–Crippen LogP) is 3.80. The number of halogens is 2. The molecule has 0 bridgehead atoms. The molecule has 7 heteroatoms. The highest BCUT2D eigenvalue weighted by Crippen LogP contribution is 2.27. The molecule has 2 rings (SSSR count). The molecule has 2 aromatic rings. The Bertz CT molecular complexity index is 562. The van der Waals surface area contributed by atoms with Crippen LogP contribution in [0.5, 0.6) is 0 Å². The summed E-state index contributed by atoms with van der Waals surface area (Å²) < 4.78 is 5.18. The predicted molar refractivity (Wildman–Crippen MR) is 79.7 cm³/mol. The van der Waals surface area contributed by atoms with Crippen LogP contribution >= 0.6 is 35.0 Å². The second-order valence-electron chi connectivity index (χ2n) is 3.97. The maximum Gasteiger partial charge on any atom is 0.243 e. The Morgan fingerprint density at radius 3 is 2.84 bits per heavy atom. The maximum atomic E-state index is 5.97. The Kier molecular flexibility index (Phi) is 5.10. The quantitative estimate of drug-likeness (QED) is 0.908. The van der Waals surface area contributed by atoms with Crippen LogP contribution in [0, 0.1) is 0 Å². The lowest BCUT2D eigenvalue weighted by molar-refractivity contribution is 0.353. The van der Waals surface area contributed by atoms with Crippen molar-refractivity contribution < 1.29 is 4.52 Å². The number of nitrogens with two attached hydrogens (primary N) is 1.